The predicted molar refractivity (Wildman–Crippen MR) is 112 cm³/mol. The number of nitrogens with one attached hydrogen (secondary N) is 2. The number of anilines is 2. The summed E-state index contributed by atoms with van der Waals surface area (Å²) in [4.78, 5) is 39.7. The number of likely N-dealkylation sites (N-methyl/N-ethyl adjacent to an activating group) is 1. The Morgan fingerprint density at radius 1 is 0.967 bits per heavy atom. The second-order valence-electron chi connectivity index (χ2n) is 7.45. The van der Waals surface area contributed by atoms with Crippen LogP contribution in [0.1, 0.15) is 36.2 Å². The zero-order valence-electron chi connectivity index (χ0n) is 17.3. The standard InChI is InChI=1S/C20H27N7O3/c1-25(2)18(28)14-27-13-17(23-24-27)19(29)21-15-7-9-16(10-8-15)22-20(30)26-11-5-3-4-6-12-26/h7-10,13H,3-6,11-12,14H2,1-2H3,(H,21,29)(H,22,30). The lowest BCUT2D eigenvalue weighted by Crippen LogP contribution is -2.35. The molecule has 1 aromatic carbocycles. The van der Waals surface area contributed by atoms with Gasteiger partial charge in [-0.3, -0.25) is 9.59 Å². The van der Waals surface area contributed by atoms with Crippen molar-refractivity contribution in [1.82, 2.24) is 24.8 Å². The van der Waals surface area contributed by atoms with E-state index in [1.54, 1.807) is 38.4 Å². The summed E-state index contributed by atoms with van der Waals surface area (Å²) in [5, 5.41) is 13.2. The highest BCUT2D eigenvalue weighted by molar-refractivity contribution is 6.02. The average Bonchev–Trinajstić information content (AvgIpc) is 3.01. The minimum atomic E-state index is -0.431. The van der Waals surface area contributed by atoms with E-state index in [1.165, 1.54) is 15.8 Å². The number of likely N-dealkylation sites (tertiary alicyclic amines) is 1. The number of hydrogen-bond acceptors (Lipinski definition) is 5. The molecule has 2 N–H and O–H groups in total. The average molecular weight is 413 g/mol. The zero-order chi connectivity index (χ0) is 21.5. The lowest BCUT2D eigenvalue weighted by Gasteiger charge is -2.20. The summed E-state index contributed by atoms with van der Waals surface area (Å²) in [6.45, 7) is 1.57. The van der Waals surface area contributed by atoms with Gasteiger partial charge in [0.1, 0.15) is 6.54 Å². The number of hydrogen-bond donors (Lipinski definition) is 2. The molecule has 0 radical (unpaired) electrons. The highest BCUT2D eigenvalue weighted by Crippen LogP contribution is 2.16. The Hall–Kier alpha value is -3.43. The Morgan fingerprint density at radius 2 is 1.57 bits per heavy atom. The first-order valence-corrected chi connectivity index (χ1v) is 10.00. The summed E-state index contributed by atoms with van der Waals surface area (Å²) in [5.74, 6) is -0.579. The predicted octanol–water partition coefficient (Wildman–Crippen LogP) is 2.03. The number of benzene rings is 1. The largest absolute Gasteiger partial charge is 0.347 e. The molecule has 0 spiro atoms. The van der Waals surface area contributed by atoms with Crippen LogP contribution in [0.2, 0.25) is 0 Å². The van der Waals surface area contributed by atoms with E-state index in [4.69, 9.17) is 0 Å². The van der Waals surface area contributed by atoms with Crippen molar-refractivity contribution < 1.29 is 14.4 Å². The summed E-state index contributed by atoms with van der Waals surface area (Å²) >= 11 is 0. The minimum absolute atomic E-state index is 0.0126. The molecule has 0 saturated carbocycles. The molecular formula is C20H27N7O3. The molecule has 1 aromatic heterocycles. The summed E-state index contributed by atoms with van der Waals surface area (Å²) < 4.78 is 1.32. The number of nitrogens with zero attached hydrogens (tertiary/aromatic N) is 5. The van der Waals surface area contributed by atoms with E-state index in [0.717, 1.165) is 38.8 Å². The first-order chi connectivity index (χ1) is 14.4. The molecule has 1 fully saturated rings. The molecule has 0 unspecified atom stereocenters. The molecule has 10 heteroatoms. The second kappa shape index (κ2) is 9.86. The molecule has 1 aliphatic heterocycles. The van der Waals surface area contributed by atoms with Gasteiger partial charge in [0.15, 0.2) is 5.69 Å². The van der Waals surface area contributed by atoms with E-state index in [1.807, 2.05) is 4.90 Å². The second-order valence-corrected chi connectivity index (χ2v) is 7.45. The molecule has 0 aliphatic carbocycles. The van der Waals surface area contributed by atoms with Crippen LogP contribution in [0.15, 0.2) is 30.5 Å². The van der Waals surface area contributed by atoms with Crippen molar-refractivity contribution in [2.24, 2.45) is 0 Å². The van der Waals surface area contributed by atoms with Crippen molar-refractivity contribution in [2.75, 3.05) is 37.8 Å². The van der Waals surface area contributed by atoms with Crippen LogP contribution >= 0.6 is 0 Å². The zero-order valence-corrected chi connectivity index (χ0v) is 17.3. The Labute approximate surface area is 175 Å². The van der Waals surface area contributed by atoms with E-state index in [2.05, 4.69) is 20.9 Å². The molecule has 1 saturated heterocycles. The van der Waals surface area contributed by atoms with Gasteiger partial charge in [0.2, 0.25) is 5.91 Å². The molecule has 2 heterocycles. The quantitative estimate of drug-likeness (QED) is 0.779. The van der Waals surface area contributed by atoms with E-state index in [9.17, 15) is 14.4 Å². The summed E-state index contributed by atoms with van der Waals surface area (Å²) in [6, 6.07) is 6.78. The van der Waals surface area contributed by atoms with Gasteiger partial charge in [-0.2, -0.15) is 0 Å². The number of carbonyl (C=O) groups excluding carboxylic acids is 3. The monoisotopic (exact) mass is 413 g/mol. The van der Waals surface area contributed by atoms with Gasteiger partial charge in [0, 0.05) is 38.6 Å². The van der Waals surface area contributed by atoms with Crippen molar-refractivity contribution in [3.8, 4) is 0 Å². The SMILES string of the molecule is CN(C)C(=O)Cn1cc(C(=O)Nc2ccc(NC(=O)N3CCCCCC3)cc2)nn1. The number of carbonyl (C=O) groups is 3. The van der Waals surface area contributed by atoms with E-state index >= 15 is 0 Å². The van der Waals surface area contributed by atoms with Gasteiger partial charge in [-0.25, -0.2) is 9.48 Å². The number of urea groups is 1. The molecule has 2 aromatic rings. The fourth-order valence-corrected chi connectivity index (χ4v) is 3.07. The van der Waals surface area contributed by atoms with Crippen molar-refractivity contribution in [2.45, 2.75) is 32.2 Å². The molecular weight excluding hydrogens is 386 g/mol. The van der Waals surface area contributed by atoms with E-state index in [0.29, 0.717) is 11.4 Å². The molecule has 0 atom stereocenters. The number of aromatic nitrogens is 3. The van der Waals surface area contributed by atoms with Crippen molar-refractivity contribution in [3.05, 3.63) is 36.2 Å². The maximum atomic E-state index is 12.4. The highest BCUT2D eigenvalue weighted by atomic mass is 16.2. The normalized spacial score (nSPS) is 14.0. The summed E-state index contributed by atoms with van der Waals surface area (Å²) in [6.07, 6.45) is 5.82. The maximum Gasteiger partial charge on any atom is 0.321 e. The molecule has 10 nitrogen and oxygen atoms in total. The molecule has 30 heavy (non-hydrogen) atoms. The highest BCUT2D eigenvalue weighted by Gasteiger charge is 2.16. The maximum absolute atomic E-state index is 12.4. The van der Waals surface area contributed by atoms with Crippen molar-refractivity contribution >= 4 is 29.2 Å². The van der Waals surface area contributed by atoms with Crippen molar-refractivity contribution in [1.29, 1.82) is 0 Å². The summed E-state index contributed by atoms with van der Waals surface area (Å²) in [7, 11) is 3.29. The van der Waals surface area contributed by atoms with Gasteiger partial charge in [-0.15, -0.1) is 5.10 Å². The van der Waals surface area contributed by atoms with Gasteiger partial charge >= 0.3 is 6.03 Å². The smallest absolute Gasteiger partial charge is 0.321 e. The third-order valence-electron chi connectivity index (χ3n) is 4.85. The topological polar surface area (TPSA) is 112 Å². The molecule has 1 aliphatic rings. The first-order valence-electron chi connectivity index (χ1n) is 10.00. The summed E-state index contributed by atoms with van der Waals surface area (Å²) in [5.41, 5.74) is 1.34. The van der Waals surface area contributed by atoms with Crippen LogP contribution in [0.4, 0.5) is 16.2 Å². The van der Waals surface area contributed by atoms with Crippen LogP contribution < -0.4 is 10.6 Å². The van der Waals surface area contributed by atoms with Crippen LogP contribution in [0, 0.1) is 0 Å². The van der Waals surface area contributed by atoms with E-state index in [-0.39, 0.29) is 24.2 Å². The lowest BCUT2D eigenvalue weighted by atomic mass is 10.2. The number of rotatable bonds is 5. The number of amides is 4. The van der Waals surface area contributed by atoms with Gasteiger partial charge in [0.25, 0.3) is 5.91 Å². The lowest BCUT2D eigenvalue weighted by molar-refractivity contribution is -0.129. The van der Waals surface area contributed by atoms with Crippen molar-refractivity contribution in [3.63, 3.8) is 0 Å². The van der Waals surface area contributed by atoms with Gasteiger partial charge in [-0.05, 0) is 37.1 Å². The molecule has 3 rings (SSSR count). The Bertz CT molecular complexity index is 884. The fourth-order valence-electron chi connectivity index (χ4n) is 3.07. The third-order valence-corrected chi connectivity index (χ3v) is 4.85. The Kier molecular flexibility index (Phi) is 6.99. The van der Waals surface area contributed by atoms with Crippen LogP contribution in [0.3, 0.4) is 0 Å². The van der Waals surface area contributed by atoms with Crippen LogP contribution in [-0.4, -0.2) is 69.8 Å². The Balaban J connectivity index is 1.53. The Morgan fingerprint density at radius 3 is 2.17 bits per heavy atom. The van der Waals surface area contributed by atoms with E-state index < -0.39 is 5.91 Å². The van der Waals surface area contributed by atoms with Crippen LogP contribution in [0.25, 0.3) is 0 Å². The molecule has 160 valence electrons. The van der Waals surface area contributed by atoms with Crippen LogP contribution in [-0.2, 0) is 11.3 Å². The first kappa shape index (κ1) is 21.3. The molecule has 4 amide bonds. The van der Waals surface area contributed by atoms with Gasteiger partial charge < -0.3 is 20.4 Å². The third kappa shape index (κ3) is 5.79. The van der Waals surface area contributed by atoms with Crippen LogP contribution in [0.5, 0.6) is 0 Å². The van der Waals surface area contributed by atoms with Gasteiger partial charge in [0.05, 0.1) is 6.20 Å². The molecule has 0 bridgehead atoms. The fraction of sp³-hybridized carbons (Fsp3) is 0.450. The van der Waals surface area contributed by atoms with Gasteiger partial charge in [-0.1, -0.05) is 18.1 Å². The minimum Gasteiger partial charge on any atom is -0.347 e.